The third kappa shape index (κ3) is 2.27. The van der Waals surface area contributed by atoms with E-state index < -0.39 is 17.5 Å². The van der Waals surface area contributed by atoms with Gasteiger partial charge in [0.2, 0.25) is 0 Å². The lowest BCUT2D eigenvalue weighted by molar-refractivity contribution is -0.211. The molecule has 0 radical (unpaired) electrons. The quantitative estimate of drug-likeness (QED) is 0.703. The van der Waals surface area contributed by atoms with Crippen LogP contribution in [0.2, 0.25) is 0 Å². The summed E-state index contributed by atoms with van der Waals surface area (Å²) in [7, 11) is 0. The molecule has 15 heavy (non-hydrogen) atoms. The van der Waals surface area contributed by atoms with Crippen LogP contribution in [0.4, 0.5) is 8.78 Å². The van der Waals surface area contributed by atoms with Crippen LogP contribution >= 0.6 is 0 Å². The Bertz CT molecular complexity index is 255. The molecule has 1 aliphatic carbocycles. The van der Waals surface area contributed by atoms with E-state index in [9.17, 15) is 18.7 Å². The van der Waals surface area contributed by atoms with Gasteiger partial charge in [-0.2, -0.15) is 8.78 Å². The second-order valence-corrected chi connectivity index (χ2v) is 4.45. The second-order valence-electron chi connectivity index (χ2n) is 4.45. The van der Waals surface area contributed by atoms with E-state index in [1.165, 1.54) is 0 Å². The molecule has 0 saturated heterocycles. The van der Waals surface area contributed by atoms with E-state index in [-0.39, 0.29) is 18.8 Å². The van der Waals surface area contributed by atoms with Crippen LogP contribution in [0, 0.1) is 5.92 Å². The molecular formula is C10H16F2O3. The van der Waals surface area contributed by atoms with Crippen LogP contribution in [0.1, 0.15) is 39.0 Å². The van der Waals surface area contributed by atoms with Crippen molar-refractivity contribution in [1.82, 2.24) is 0 Å². The van der Waals surface area contributed by atoms with Gasteiger partial charge >= 0.3 is 11.9 Å². The highest BCUT2D eigenvalue weighted by atomic mass is 19.3. The summed E-state index contributed by atoms with van der Waals surface area (Å²) >= 11 is 0. The van der Waals surface area contributed by atoms with E-state index in [1.54, 1.807) is 0 Å². The van der Waals surface area contributed by atoms with Gasteiger partial charge in [0.05, 0.1) is 0 Å². The number of aliphatic hydroxyl groups is 1. The molecule has 0 spiro atoms. The van der Waals surface area contributed by atoms with Crippen molar-refractivity contribution < 1.29 is 23.8 Å². The summed E-state index contributed by atoms with van der Waals surface area (Å²) in [5, 5.41) is 18.1. The van der Waals surface area contributed by atoms with E-state index in [0.29, 0.717) is 12.8 Å². The first-order valence-electron chi connectivity index (χ1n) is 5.13. The molecule has 0 aromatic carbocycles. The van der Waals surface area contributed by atoms with E-state index in [2.05, 4.69) is 0 Å². The van der Waals surface area contributed by atoms with Crippen molar-refractivity contribution in [3.05, 3.63) is 0 Å². The molecular weight excluding hydrogens is 206 g/mol. The maximum absolute atomic E-state index is 13.3. The third-order valence-corrected chi connectivity index (χ3v) is 3.19. The van der Waals surface area contributed by atoms with Crippen molar-refractivity contribution >= 4 is 5.97 Å². The van der Waals surface area contributed by atoms with Crippen molar-refractivity contribution in [2.45, 2.75) is 50.6 Å². The van der Waals surface area contributed by atoms with Gasteiger partial charge in [-0.3, -0.25) is 0 Å². The first kappa shape index (κ1) is 12.4. The Labute approximate surface area is 87.1 Å². The monoisotopic (exact) mass is 222 g/mol. The Morgan fingerprint density at radius 1 is 1.40 bits per heavy atom. The van der Waals surface area contributed by atoms with Crippen LogP contribution in [-0.2, 0) is 4.79 Å². The summed E-state index contributed by atoms with van der Waals surface area (Å²) in [5.41, 5.74) is -2.37. The molecule has 3 nitrogen and oxygen atoms in total. The highest BCUT2D eigenvalue weighted by Gasteiger charge is 2.58. The van der Waals surface area contributed by atoms with Gasteiger partial charge in [0.25, 0.3) is 0 Å². The average Bonchev–Trinajstić information content (AvgIpc) is 2.29. The van der Waals surface area contributed by atoms with Gasteiger partial charge < -0.3 is 10.2 Å². The van der Waals surface area contributed by atoms with Crippen LogP contribution in [0.5, 0.6) is 0 Å². The fourth-order valence-electron chi connectivity index (χ4n) is 2.01. The molecule has 5 heteroatoms. The molecule has 0 bridgehead atoms. The number of alkyl halides is 2. The van der Waals surface area contributed by atoms with Crippen LogP contribution in [0.15, 0.2) is 0 Å². The molecule has 1 fully saturated rings. The Morgan fingerprint density at radius 2 is 2.00 bits per heavy atom. The zero-order chi connectivity index (χ0) is 11.7. The Morgan fingerprint density at radius 3 is 2.53 bits per heavy atom. The molecule has 0 heterocycles. The lowest BCUT2D eigenvalue weighted by Gasteiger charge is -2.32. The van der Waals surface area contributed by atoms with Crippen LogP contribution < -0.4 is 0 Å². The smallest absolute Gasteiger partial charge is 0.377 e. The van der Waals surface area contributed by atoms with Gasteiger partial charge in [0.1, 0.15) is 5.60 Å². The number of hydrogen-bond donors (Lipinski definition) is 2. The lowest BCUT2D eigenvalue weighted by Crippen LogP contribution is -2.53. The highest BCUT2D eigenvalue weighted by Crippen LogP contribution is 2.40. The van der Waals surface area contributed by atoms with Crippen LogP contribution in [0.3, 0.4) is 0 Å². The minimum absolute atomic E-state index is 0.142. The predicted molar refractivity (Wildman–Crippen MR) is 49.8 cm³/mol. The molecule has 1 aliphatic rings. The number of aliphatic carboxylic acids is 1. The van der Waals surface area contributed by atoms with Crippen molar-refractivity contribution in [1.29, 1.82) is 0 Å². The fraction of sp³-hybridized carbons (Fsp3) is 0.900. The Hall–Kier alpha value is -0.710. The summed E-state index contributed by atoms with van der Waals surface area (Å²) in [6.07, 6.45) is 1.36. The van der Waals surface area contributed by atoms with Crippen LogP contribution in [-0.4, -0.2) is 27.7 Å². The Balaban J connectivity index is 2.85. The number of hydrogen-bond acceptors (Lipinski definition) is 2. The first-order chi connectivity index (χ1) is 6.79. The van der Waals surface area contributed by atoms with Crippen molar-refractivity contribution in [2.75, 3.05) is 0 Å². The maximum Gasteiger partial charge on any atom is 0.377 e. The van der Waals surface area contributed by atoms with Gasteiger partial charge in [-0.1, -0.05) is 19.8 Å². The Kier molecular flexibility index (Phi) is 3.33. The van der Waals surface area contributed by atoms with Gasteiger partial charge in [-0.25, -0.2) is 4.79 Å². The average molecular weight is 222 g/mol. The molecule has 2 unspecified atom stereocenters. The minimum Gasteiger partial charge on any atom is -0.477 e. The lowest BCUT2D eigenvalue weighted by atomic mass is 9.87. The number of carboxylic acids is 1. The molecule has 0 aromatic rings. The summed E-state index contributed by atoms with van der Waals surface area (Å²) in [6.45, 7) is 1.92. The first-order valence-corrected chi connectivity index (χ1v) is 5.13. The van der Waals surface area contributed by atoms with Crippen molar-refractivity contribution in [3.8, 4) is 0 Å². The minimum atomic E-state index is -4.04. The predicted octanol–water partition coefficient (Wildman–Crippen LogP) is 2.04. The van der Waals surface area contributed by atoms with E-state index >= 15 is 0 Å². The molecule has 88 valence electrons. The van der Waals surface area contributed by atoms with Crippen LogP contribution in [0.25, 0.3) is 0 Å². The molecule has 1 saturated carbocycles. The second kappa shape index (κ2) is 4.04. The molecule has 0 aromatic heterocycles. The van der Waals surface area contributed by atoms with Gasteiger partial charge in [0, 0.05) is 0 Å². The van der Waals surface area contributed by atoms with E-state index in [4.69, 9.17) is 5.11 Å². The highest BCUT2D eigenvalue weighted by molar-refractivity contribution is 5.77. The normalized spacial score (nSPS) is 33.5. The van der Waals surface area contributed by atoms with E-state index in [1.807, 2.05) is 6.92 Å². The van der Waals surface area contributed by atoms with Gasteiger partial charge in [-0.15, -0.1) is 0 Å². The van der Waals surface area contributed by atoms with E-state index in [0.717, 1.165) is 6.42 Å². The zero-order valence-corrected chi connectivity index (χ0v) is 8.67. The maximum atomic E-state index is 13.3. The van der Waals surface area contributed by atoms with Crippen molar-refractivity contribution in [3.63, 3.8) is 0 Å². The van der Waals surface area contributed by atoms with Gasteiger partial charge in [-0.05, 0) is 25.2 Å². The van der Waals surface area contributed by atoms with Crippen molar-refractivity contribution in [2.24, 2.45) is 5.92 Å². The topological polar surface area (TPSA) is 57.5 Å². The van der Waals surface area contributed by atoms with Gasteiger partial charge in [0.15, 0.2) is 0 Å². The number of halogens is 2. The molecule has 0 amide bonds. The zero-order valence-electron chi connectivity index (χ0n) is 8.67. The molecule has 0 aliphatic heterocycles. The summed E-state index contributed by atoms with van der Waals surface area (Å²) in [6, 6.07) is 0. The third-order valence-electron chi connectivity index (χ3n) is 3.19. The number of rotatable bonds is 2. The molecule has 2 N–H and O–H groups in total. The standard InChI is InChI=1S/C10H16F2O3/c1-7-3-2-5-9(15,6-4-7)10(11,12)8(13)14/h7,15H,2-6H2,1H3,(H,13,14). The fourth-order valence-corrected chi connectivity index (χ4v) is 2.01. The molecule has 1 rings (SSSR count). The SMILES string of the molecule is CC1CCCC(O)(C(F)(F)C(=O)O)CC1. The summed E-state index contributed by atoms with van der Waals surface area (Å²) < 4.78 is 26.5. The largest absolute Gasteiger partial charge is 0.477 e. The summed E-state index contributed by atoms with van der Waals surface area (Å²) in [4.78, 5) is 10.4. The number of carboxylic acid groups (broad SMARTS) is 1. The number of carbonyl (C=O) groups is 1. The summed E-state index contributed by atoms with van der Waals surface area (Å²) in [5.74, 6) is -6.01. The molecule has 2 atom stereocenters.